The molecule has 0 bridgehead atoms. The van der Waals surface area contributed by atoms with Gasteiger partial charge in [0, 0.05) is 6.61 Å². The van der Waals surface area contributed by atoms with Crippen molar-refractivity contribution in [1.29, 1.82) is 0 Å². The summed E-state index contributed by atoms with van der Waals surface area (Å²) in [5, 5.41) is 0. The Balaban J connectivity index is 2.53. The van der Waals surface area contributed by atoms with Crippen LogP contribution in [0.4, 0.5) is 0 Å². The minimum absolute atomic E-state index is 0.149. The lowest BCUT2D eigenvalue weighted by Gasteiger charge is -1.95. The zero-order valence-electron chi connectivity index (χ0n) is 5.39. The maximum absolute atomic E-state index is 5.24. The van der Waals surface area contributed by atoms with Gasteiger partial charge in [-0.05, 0) is 25.1 Å². The van der Waals surface area contributed by atoms with Crippen LogP contribution in [0.3, 0.4) is 0 Å². The normalized spacial score (nSPS) is 11.2. The lowest BCUT2D eigenvalue weighted by Crippen LogP contribution is -1.96. The van der Waals surface area contributed by atoms with Crippen LogP contribution in [0.1, 0.15) is 13.3 Å². The van der Waals surface area contributed by atoms with E-state index in [1.165, 1.54) is 12.5 Å². The molecule has 0 aromatic rings. The van der Waals surface area contributed by atoms with E-state index in [-0.39, 0.29) is 9.76 Å². The molecule has 0 rings (SSSR count). The molecule has 0 aliphatic carbocycles. The van der Waals surface area contributed by atoms with Gasteiger partial charge in [0.25, 0.3) is 0 Å². The molecular formula is C5H14OSSi. The maximum Gasteiger partial charge on any atom is 0.161 e. The largest absolute Gasteiger partial charge is 0.424 e. The summed E-state index contributed by atoms with van der Waals surface area (Å²) in [6, 6.07) is 1.29. The molecule has 0 aliphatic heterocycles. The summed E-state index contributed by atoms with van der Waals surface area (Å²) in [6.07, 6.45) is 1.23. The highest BCUT2D eigenvalue weighted by atomic mass is 32.1. The van der Waals surface area contributed by atoms with Gasteiger partial charge in [-0.2, -0.15) is 12.6 Å². The summed E-state index contributed by atoms with van der Waals surface area (Å²) in [4.78, 5) is 0. The van der Waals surface area contributed by atoms with Crippen LogP contribution in [-0.2, 0) is 4.43 Å². The first-order valence-electron chi connectivity index (χ1n) is 3.10. The molecule has 0 aliphatic rings. The lowest BCUT2D eigenvalue weighted by molar-refractivity contribution is 0.359. The maximum atomic E-state index is 5.24. The summed E-state index contributed by atoms with van der Waals surface area (Å²) >= 11 is 4.09. The smallest absolute Gasteiger partial charge is 0.161 e. The number of hydrogen-bond donors (Lipinski definition) is 1. The van der Waals surface area contributed by atoms with E-state index >= 15 is 0 Å². The Morgan fingerprint density at radius 3 is 2.88 bits per heavy atom. The van der Waals surface area contributed by atoms with Gasteiger partial charge in [0.1, 0.15) is 0 Å². The van der Waals surface area contributed by atoms with Crippen LogP contribution in [-0.4, -0.2) is 22.1 Å². The molecule has 0 unspecified atom stereocenters. The zero-order valence-corrected chi connectivity index (χ0v) is 7.70. The molecule has 0 spiro atoms. The van der Waals surface area contributed by atoms with Crippen LogP contribution >= 0.6 is 12.6 Å². The van der Waals surface area contributed by atoms with Gasteiger partial charge in [-0.3, -0.25) is 0 Å². The Bertz CT molecular complexity index is 37.4. The standard InChI is InChI=1S/C5H14OSSi/c1-2-6-8-5-3-4-7/h7H,2-5,8H2,1H3. The second-order valence-electron chi connectivity index (χ2n) is 1.63. The first-order valence-corrected chi connectivity index (χ1v) is 5.31. The summed E-state index contributed by atoms with van der Waals surface area (Å²) < 4.78 is 5.24. The van der Waals surface area contributed by atoms with Crippen LogP contribution in [0.15, 0.2) is 0 Å². The topological polar surface area (TPSA) is 9.23 Å². The van der Waals surface area contributed by atoms with Crippen molar-refractivity contribution in [1.82, 2.24) is 0 Å². The molecule has 0 saturated heterocycles. The van der Waals surface area contributed by atoms with Gasteiger partial charge in [-0.15, -0.1) is 0 Å². The van der Waals surface area contributed by atoms with E-state index in [0.717, 1.165) is 12.4 Å². The van der Waals surface area contributed by atoms with Gasteiger partial charge in [-0.25, -0.2) is 0 Å². The fraction of sp³-hybridized carbons (Fsp3) is 1.00. The zero-order chi connectivity index (χ0) is 6.24. The van der Waals surface area contributed by atoms with E-state index in [4.69, 9.17) is 4.43 Å². The number of rotatable bonds is 5. The molecule has 0 aromatic heterocycles. The third-order valence-corrected chi connectivity index (χ3v) is 2.70. The van der Waals surface area contributed by atoms with Gasteiger partial charge >= 0.3 is 0 Å². The Morgan fingerprint density at radius 2 is 2.38 bits per heavy atom. The van der Waals surface area contributed by atoms with Crippen molar-refractivity contribution in [3.8, 4) is 0 Å². The van der Waals surface area contributed by atoms with Crippen molar-refractivity contribution >= 4 is 22.4 Å². The Hall–Kier alpha value is 0.527. The second kappa shape index (κ2) is 7.53. The molecule has 0 N–H and O–H groups in total. The van der Waals surface area contributed by atoms with Crippen LogP contribution in [0, 0.1) is 0 Å². The monoisotopic (exact) mass is 150 g/mol. The predicted molar refractivity (Wildman–Crippen MR) is 43.4 cm³/mol. The fourth-order valence-corrected chi connectivity index (χ4v) is 2.05. The van der Waals surface area contributed by atoms with E-state index in [0.29, 0.717) is 0 Å². The SMILES string of the molecule is CCO[SiH2]CCCS. The minimum Gasteiger partial charge on any atom is -0.424 e. The average molecular weight is 150 g/mol. The highest BCUT2D eigenvalue weighted by molar-refractivity contribution is 7.80. The Labute approximate surface area is 59.2 Å². The average Bonchev–Trinajstić information content (AvgIpc) is 1.81. The van der Waals surface area contributed by atoms with Crippen molar-refractivity contribution < 1.29 is 4.43 Å². The molecule has 0 heterocycles. The minimum atomic E-state index is -0.149. The number of hydrogen-bond acceptors (Lipinski definition) is 2. The van der Waals surface area contributed by atoms with E-state index < -0.39 is 0 Å². The van der Waals surface area contributed by atoms with Gasteiger partial charge in [0.2, 0.25) is 0 Å². The molecule has 50 valence electrons. The van der Waals surface area contributed by atoms with Crippen molar-refractivity contribution in [2.45, 2.75) is 19.4 Å². The van der Waals surface area contributed by atoms with E-state index in [2.05, 4.69) is 12.6 Å². The molecule has 8 heavy (non-hydrogen) atoms. The third-order valence-electron chi connectivity index (χ3n) is 0.901. The quantitative estimate of drug-likeness (QED) is 0.347. The summed E-state index contributed by atoms with van der Waals surface area (Å²) in [5.41, 5.74) is 0. The van der Waals surface area contributed by atoms with Gasteiger partial charge < -0.3 is 4.43 Å². The summed E-state index contributed by atoms with van der Waals surface area (Å²) in [5.74, 6) is 1.01. The van der Waals surface area contributed by atoms with E-state index in [1.807, 2.05) is 6.92 Å². The van der Waals surface area contributed by atoms with E-state index in [1.54, 1.807) is 0 Å². The molecule has 0 aromatic carbocycles. The molecular weight excluding hydrogens is 136 g/mol. The van der Waals surface area contributed by atoms with Gasteiger partial charge in [0.05, 0.1) is 0 Å². The number of thiol groups is 1. The van der Waals surface area contributed by atoms with Crippen molar-refractivity contribution in [3.05, 3.63) is 0 Å². The molecule has 1 nitrogen and oxygen atoms in total. The molecule has 0 amide bonds. The first-order chi connectivity index (χ1) is 3.91. The molecule has 0 saturated carbocycles. The van der Waals surface area contributed by atoms with Crippen LogP contribution in [0.2, 0.25) is 6.04 Å². The third kappa shape index (κ3) is 6.53. The Kier molecular flexibility index (Phi) is 8.02. The first kappa shape index (κ1) is 8.53. The van der Waals surface area contributed by atoms with Crippen LogP contribution < -0.4 is 0 Å². The molecule has 0 fully saturated rings. The lowest BCUT2D eigenvalue weighted by atomic mass is 10.6. The van der Waals surface area contributed by atoms with E-state index in [9.17, 15) is 0 Å². The van der Waals surface area contributed by atoms with Crippen molar-refractivity contribution in [2.75, 3.05) is 12.4 Å². The van der Waals surface area contributed by atoms with Crippen molar-refractivity contribution in [2.24, 2.45) is 0 Å². The predicted octanol–water partition coefficient (Wildman–Crippen LogP) is 0.845. The summed E-state index contributed by atoms with van der Waals surface area (Å²) in [6.45, 7) is 2.95. The molecule has 0 atom stereocenters. The van der Waals surface area contributed by atoms with Gasteiger partial charge in [0.15, 0.2) is 9.76 Å². The van der Waals surface area contributed by atoms with Crippen LogP contribution in [0.25, 0.3) is 0 Å². The highest BCUT2D eigenvalue weighted by Crippen LogP contribution is 1.90. The van der Waals surface area contributed by atoms with Gasteiger partial charge in [-0.1, -0.05) is 0 Å². The second-order valence-corrected chi connectivity index (χ2v) is 3.60. The Morgan fingerprint density at radius 1 is 1.62 bits per heavy atom. The van der Waals surface area contributed by atoms with Crippen LogP contribution in [0.5, 0.6) is 0 Å². The molecule has 0 radical (unpaired) electrons. The molecule has 3 heteroatoms. The van der Waals surface area contributed by atoms with Crippen molar-refractivity contribution in [3.63, 3.8) is 0 Å². The fourth-order valence-electron chi connectivity index (χ4n) is 0.460. The highest BCUT2D eigenvalue weighted by Gasteiger charge is 1.84. The summed E-state index contributed by atoms with van der Waals surface area (Å²) in [7, 11) is -0.149.